The largest absolute Gasteiger partial charge is 0.497 e. The van der Waals surface area contributed by atoms with Gasteiger partial charge in [-0.15, -0.1) is 10.2 Å². The molecule has 2 aromatic carbocycles. The number of carbonyl (C=O) groups excluding carboxylic acids is 1. The highest BCUT2D eigenvalue weighted by Crippen LogP contribution is 2.24. The SMILES string of the molecule is COc1cccc([C@H](C)N(C)C(=O)CCc2nnc(Cc3c[nH]c4ccccc34)o2)c1. The van der Waals surface area contributed by atoms with E-state index in [0.717, 1.165) is 27.8 Å². The van der Waals surface area contributed by atoms with Gasteiger partial charge in [-0.25, -0.2) is 0 Å². The number of aryl methyl sites for hydroxylation is 1. The van der Waals surface area contributed by atoms with Crippen molar-refractivity contribution in [1.82, 2.24) is 20.1 Å². The van der Waals surface area contributed by atoms with Crippen LogP contribution >= 0.6 is 0 Å². The molecule has 2 heterocycles. The van der Waals surface area contributed by atoms with Gasteiger partial charge in [-0.05, 0) is 36.2 Å². The normalized spacial score (nSPS) is 12.1. The summed E-state index contributed by atoms with van der Waals surface area (Å²) in [6.07, 6.45) is 3.24. The van der Waals surface area contributed by atoms with Gasteiger partial charge in [0.25, 0.3) is 0 Å². The molecule has 7 heteroatoms. The van der Waals surface area contributed by atoms with Crippen LogP contribution in [0.1, 0.15) is 42.3 Å². The molecule has 0 aliphatic rings. The molecular formula is C24H26N4O3. The Morgan fingerprint density at radius 1 is 1.16 bits per heavy atom. The van der Waals surface area contributed by atoms with Crippen molar-refractivity contribution in [2.24, 2.45) is 0 Å². The number of hydrogen-bond donors (Lipinski definition) is 1. The molecule has 1 atom stereocenters. The average Bonchev–Trinajstić information content (AvgIpc) is 3.43. The van der Waals surface area contributed by atoms with E-state index in [2.05, 4.69) is 21.2 Å². The lowest BCUT2D eigenvalue weighted by Crippen LogP contribution is -2.29. The van der Waals surface area contributed by atoms with Crippen molar-refractivity contribution in [2.75, 3.05) is 14.2 Å². The van der Waals surface area contributed by atoms with Gasteiger partial charge in [-0.3, -0.25) is 4.79 Å². The Balaban J connectivity index is 1.35. The van der Waals surface area contributed by atoms with E-state index in [0.29, 0.717) is 31.0 Å². The third-order valence-corrected chi connectivity index (χ3v) is 5.63. The summed E-state index contributed by atoms with van der Waals surface area (Å²) in [6, 6.07) is 15.8. The van der Waals surface area contributed by atoms with Crippen LogP contribution in [0.4, 0.5) is 0 Å². The Labute approximate surface area is 181 Å². The summed E-state index contributed by atoms with van der Waals surface area (Å²) in [5.74, 6) is 1.82. The highest BCUT2D eigenvalue weighted by molar-refractivity contribution is 5.83. The van der Waals surface area contributed by atoms with Crippen molar-refractivity contribution in [2.45, 2.75) is 32.2 Å². The summed E-state index contributed by atoms with van der Waals surface area (Å²) in [7, 11) is 3.44. The van der Waals surface area contributed by atoms with Gasteiger partial charge in [0.1, 0.15) is 5.75 Å². The topological polar surface area (TPSA) is 84.2 Å². The zero-order valence-electron chi connectivity index (χ0n) is 18.0. The van der Waals surface area contributed by atoms with Gasteiger partial charge in [-0.2, -0.15) is 0 Å². The first-order valence-electron chi connectivity index (χ1n) is 10.3. The highest BCUT2D eigenvalue weighted by atomic mass is 16.5. The number of hydrogen-bond acceptors (Lipinski definition) is 5. The maximum absolute atomic E-state index is 12.7. The van der Waals surface area contributed by atoms with Crippen LogP contribution in [-0.4, -0.2) is 40.1 Å². The first kappa shape index (κ1) is 20.7. The van der Waals surface area contributed by atoms with Gasteiger partial charge >= 0.3 is 0 Å². The molecular weight excluding hydrogens is 392 g/mol. The Hall–Kier alpha value is -3.61. The van der Waals surface area contributed by atoms with E-state index in [1.54, 1.807) is 12.0 Å². The van der Waals surface area contributed by atoms with Crippen molar-refractivity contribution >= 4 is 16.8 Å². The predicted molar refractivity (Wildman–Crippen MR) is 118 cm³/mol. The van der Waals surface area contributed by atoms with Crippen molar-refractivity contribution in [1.29, 1.82) is 0 Å². The maximum Gasteiger partial charge on any atom is 0.223 e. The second-order valence-electron chi connectivity index (χ2n) is 7.58. The van der Waals surface area contributed by atoms with Gasteiger partial charge in [0.2, 0.25) is 17.7 Å². The zero-order valence-corrected chi connectivity index (χ0v) is 18.0. The van der Waals surface area contributed by atoms with Gasteiger partial charge in [0, 0.05) is 37.0 Å². The molecule has 0 bridgehead atoms. The molecule has 31 heavy (non-hydrogen) atoms. The van der Waals surface area contributed by atoms with Crippen LogP contribution in [0.5, 0.6) is 5.75 Å². The molecule has 0 saturated carbocycles. The van der Waals surface area contributed by atoms with E-state index in [9.17, 15) is 4.79 Å². The molecule has 0 saturated heterocycles. The first-order valence-corrected chi connectivity index (χ1v) is 10.3. The number of amides is 1. The van der Waals surface area contributed by atoms with Crippen LogP contribution in [0.2, 0.25) is 0 Å². The minimum absolute atomic E-state index is 0.0201. The fourth-order valence-electron chi connectivity index (χ4n) is 3.63. The summed E-state index contributed by atoms with van der Waals surface area (Å²) in [4.78, 5) is 17.7. The minimum atomic E-state index is -0.0669. The number of aromatic nitrogens is 3. The van der Waals surface area contributed by atoms with E-state index in [1.165, 1.54) is 0 Å². The van der Waals surface area contributed by atoms with Crippen molar-refractivity contribution in [3.63, 3.8) is 0 Å². The molecule has 0 fully saturated rings. The Morgan fingerprint density at radius 2 is 1.97 bits per heavy atom. The molecule has 160 valence electrons. The smallest absolute Gasteiger partial charge is 0.223 e. The van der Waals surface area contributed by atoms with Gasteiger partial charge < -0.3 is 19.0 Å². The second kappa shape index (κ2) is 9.04. The van der Waals surface area contributed by atoms with Crippen LogP contribution in [0, 0.1) is 0 Å². The van der Waals surface area contributed by atoms with Crippen LogP contribution < -0.4 is 4.74 Å². The second-order valence-corrected chi connectivity index (χ2v) is 7.58. The molecule has 0 radical (unpaired) electrons. The molecule has 4 aromatic rings. The number of methoxy groups -OCH3 is 1. The lowest BCUT2D eigenvalue weighted by molar-refractivity contribution is -0.131. The number of carbonyl (C=O) groups is 1. The number of benzene rings is 2. The van der Waals surface area contributed by atoms with Crippen LogP contribution in [0.25, 0.3) is 10.9 Å². The summed E-state index contributed by atoms with van der Waals surface area (Å²) in [6.45, 7) is 2.00. The predicted octanol–water partition coefficient (Wildman–Crippen LogP) is 4.30. The number of ether oxygens (including phenoxy) is 1. The Bertz CT molecular complexity index is 1180. The standard InChI is InChI=1S/C24H26N4O3/c1-16(17-7-6-8-19(13-17)30-3)28(2)24(29)12-11-22-26-27-23(31-22)14-18-15-25-21-10-5-4-9-20(18)21/h4-10,13,15-16,25H,11-12,14H2,1-3H3/t16-/m0/s1. The number of fused-ring (bicyclic) bond motifs is 1. The Morgan fingerprint density at radius 3 is 2.81 bits per heavy atom. The van der Waals surface area contributed by atoms with E-state index in [1.807, 2.05) is 62.6 Å². The van der Waals surface area contributed by atoms with Crippen LogP contribution in [-0.2, 0) is 17.6 Å². The van der Waals surface area contributed by atoms with Crippen molar-refractivity contribution < 1.29 is 13.9 Å². The molecule has 0 spiro atoms. The van der Waals surface area contributed by atoms with Gasteiger partial charge in [-0.1, -0.05) is 30.3 Å². The number of nitrogens with one attached hydrogen (secondary N) is 1. The Kier molecular flexibility index (Phi) is 6.02. The molecule has 1 N–H and O–H groups in total. The number of aromatic amines is 1. The molecule has 2 aromatic heterocycles. The summed E-state index contributed by atoms with van der Waals surface area (Å²) in [5.41, 5.74) is 3.21. The lowest BCUT2D eigenvalue weighted by Gasteiger charge is -2.25. The van der Waals surface area contributed by atoms with Gasteiger partial charge in [0.05, 0.1) is 19.6 Å². The van der Waals surface area contributed by atoms with E-state index in [4.69, 9.17) is 9.15 Å². The molecule has 7 nitrogen and oxygen atoms in total. The quantitative estimate of drug-likeness (QED) is 0.461. The summed E-state index contributed by atoms with van der Waals surface area (Å²) >= 11 is 0. The number of para-hydroxylation sites is 1. The fraction of sp³-hybridized carbons (Fsp3) is 0.292. The summed E-state index contributed by atoms with van der Waals surface area (Å²) in [5, 5.41) is 9.42. The average molecular weight is 418 g/mol. The highest BCUT2D eigenvalue weighted by Gasteiger charge is 2.19. The van der Waals surface area contributed by atoms with Crippen molar-refractivity contribution in [3.8, 4) is 5.75 Å². The third-order valence-electron chi connectivity index (χ3n) is 5.63. The molecule has 0 aliphatic heterocycles. The molecule has 1 amide bonds. The van der Waals surface area contributed by atoms with E-state index >= 15 is 0 Å². The van der Waals surface area contributed by atoms with Gasteiger partial charge in [0.15, 0.2) is 0 Å². The van der Waals surface area contributed by atoms with Crippen molar-refractivity contribution in [3.05, 3.63) is 77.6 Å². The van der Waals surface area contributed by atoms with Crippen LogP contribution in [0.3, 0.4) is 0 Å². The summed E-state index contributed by atoms with van der Waals surface area (Å²) < 4.78 is 11.1. The monoisotopic (exact) mass is 418 g/mol. The fourth-order valence-corrected chi connectivity index (χ4v) is 3.63. The van der Waals surface area contributed by atoms with Crippen LogP contribution in [0.15, 0.2) is 59.1 Å². The molecule has 4 rings (SSSR count). The molecule has 0 aliphatic carbocycles. The van der Waals surface area contributed by atoms with E-state index in [-0.39, 0.29) is 11.9 Å². The minimum Gasteiger partial charge on any atom is -0.497 e. The third kappa shape index (κ3) is 4.60. The van der Waals surface area contributed by atoms with E-state index < -0.39 is 0 Å². The zero-order chi connectivity index (χ0) is 21.8. The first-order chi connectivity index (χ1) is 15.0. The number of H-pyrrole nitrogens is 1. The maximum atomic E-state index is 12.7. The lowest BCUT2D eigenvalue weighted by atomic mass is 10.1. The number of rotatable bonds is 8. The number of nitrogens with zero attached hydrogens (tertiary/aromatic N) is 3. The molecule has 0 unspecified atom stereocenters.